The summed E-state index contributed by atoms with van der Waals surface area (Å²) in [4.78, 5) is 0. The number of nitrogens with one attached hydrogen (secondary N) is 1. The van der Waals surface area contributed by atoms with Crippen molar-refractivity contribution in [3.05, 3.63) is 65.5 Å². The summed E-state index contributed by atoms with van der Waals surface area (Å²) in [7, 11) is 3.50. The van der Waals surface area contributed by atoms with Crippen LogP contribution in [0.4, 0.5) is 4.39 Å². The van der Waals surface area contributed by atoms with Gasteiger partial charge < -0.3 is 10.1 Å². The molecular weight excluding hydrogens is 229 g/mol. The topological polar surface area (TPSA) is 21.3 Å². The standard InChI is InChI=1S/C15H16FNO/c1-17-15(12-4-3-5-13(16)10-12)11-6-8-14(18-2)9-7-11/h3-10,15,17H,1-2H3. The fourth-order valence-electron chi connectivity index (χ4n) is 2.01. The van der Waals surface area contributed by atoms with Gasteiger partial charge in [0.2, 0.25) is 0 Å². The summed E-state index contributed by atoms with van der Waals surface area (Å²) in [5.74, 6) is 0.592. The lowest BCUT2D eigenvalue weighted by molar-refractivity contribution is 0.414. The normalized spacial score (nSPS) is 12.2. The Morgan fingerprint density at radius 2 is 1.78 bits per heavy atom. The average Bonchev–Trinajstić information content (AvgIpc) is 2.40. The Kier molecular flexibility index (Phi) is 3.95. The highest BCUT2D eigenvalue weighted by molar-refractivity contribution is 5.35. The van der Waals surface area contributed by atoms with E-state index in [1.807, 2.05) is 37.4 Å². The van der Waals surface area contributed by atoms with Crippen LogP contribution >= 0.6 is 0 Å². The summed E-state index contributed by atoms with van der Waals surface area (Å²) in [5.41, 5.74) is 1.98. The van der Waals surface area contributed by atoms with Gasteiger partial charge in [-0.25, -0.2) is 4.39 Å². The van der Waals surface area contributed by atoms with E-state index in [1.165, 1.54) is 6.07 Å². The third-order valence-electron chi connectivity index (χ3n) is 2.92. The quantitative estimate of drug-likeness (QED) is 0.893. The molecule has 0 aliphatic rings. The molecule has 0 aliphatic carbocycles. The molecule has 0 amide bonds. The molecule has 1 N–H and O–H groups in total. The first-order valence-corrected chi connectivity index (χ1v) is 5.81. The number of hydrogen-bond acceptors (Lipinski definition) is 2. The Morgan fingerprint density at radius 3 is 2.33 bits per heavy atom. The molecule has 0 fully saturated rings. The molecule has 18 heavy (non-hydrogen) atoms. The lowest BCUT2D eigenvalue weighted by Gasteiger charge is -2.17. The third-order valence-corrected chi connectivity index (χ3v) is 2.92. The van der Waals surface area contributed by atoms with Gasteiger partial charge in [0.25, 0.3) is 0 Å². The number of halogens is 1. The molecule has 0 aliphatic heterocycles. The van der Waals surface area contributed by atoms with Gasteiger partial charge in [0.1, 0.15) is 11.6 Å². The molecule has 0 aromatic heterocycles. The number of benzene rings is 2. The van der Waals surface area contributed by atoms with Crippen molar-refractivity contribution < 1.29 is 9.13 Å². The number of hydrogen-bond donors (Lipinski definition) is 1. The minimum Gasteiger partial charge on any atom is -0.497 e. The van der Waals surface area contributed by atoms with Gasteiger partial charge in [-0.15, -0.1) is 0 Å². The van der Waals surface area contributed by atoms with Gasteiger partial charge in [0.15, 0.2) is 0 Å². The molecule has 1 unspecified atom stereocenters. The van der Waals surface area contributed by atoms with Crippen LogP contribution in [0.1, 0.15) is 17.2 Å². The zero-order chi connectivity index (χ0) is 13.0. The van der Waals surface area contributed by atoms with Crippen LogP contribution in [0.3, 0.4) is 0 Å². The summed E-state index contributed by atoms with van der Waals surface area (Å²) in [6.07, 6.45) is 0. The van der Waals surface area contributed by atoms with E-state index < -0.39 is 0 Å². The van der Waals surface area contributed by atoms with Crippen LogP contribution in [0.2, 0.25) is 0 Å². The highest BCUT2D eigenvalue weighted by Crippen LogP contribution is 2.24. The maximum Gasteiger partial charge on any atom is 0.123 e. The first kappa shape index (κ1) is 12.6. The van der Waals surface area contributed by atoms with E-state index in [4.69, 9.17) is 4.74 Å². The summed E-state index contributed by atoms with van der Waals surface area (Å²) < 4.78 is 18.4. The van der Waals surface area contributed by atoms with Gasteiger partial charge in [0.05, 0.1) is 13.2 Å². The predicted molar refractivity (Wildman–Crippen MR) is 70.3 cm³/mol. The second-order valence-corrected chi connectivity index (χ2v) is 4.05. The summed E-state index contributed by atoms with van der Waals surface area (Å²) in [6.45, 7) is 0. The highest BCUT2D eigenvalue weighted by atomic mass is 19.1. The smallest absolute Gasteiger partial charge is 0.123 e. The van der Waals surface area contributed by atoms with E-state index in [0.29, 0.717) is 0 Å². The molecule has 2 nitrogen and oxygen atoms in total. The zero-order valence-corrected chi connectivity index (χ0v) is 10.5. The second-order valence-electron chi connectivity index (χ2n) is 4.05. The molecular formula is C15H16FNO. The number of rotatable bonds is 4. The van der Waals surface area contributed by atoms with Gasteiger partial charge in [0, 0.05) is 0 Å². The molecule has 0 saturated heterocycles. The van der Waals surface area contributed by atoms with Crippen molar-refractivity contribution in [3.8, 4) is 5.75 Å². The first-order valence-electron chi connectivity index (χ1n) is 5.81. The van der Waals surface area contributed by atoms with Gasteiger partial charge in [-0.1, -0.05) is 24.3 Å². The number of ether oxygens (including phenoxy) is 1. The summed E-state index contributed by atoms with van der Waals surface area (Å²) in [6, 6.07) is 14.4. The van der Waals surface area contributed by atoms with Crippen LogP contribution in [0.5, 0.6) is 5.75 Å². The minimum atomic E-state index is -0.221. The van der Waals surface area contributed by atoms with Gasteiger partial charge in [-0.05, 0) is 42.4 Å². The monoisotopic (exact) mass is 245 g/mol. The summed E-state index contributed by atoms with van der Waals surface area (Å²) >= 11 is 0. The first-order chi connectivity index (χ1) is 8.74. The molecule has 2 aromatic carbocycles. The maximum absolute atomic E-state index is 13.3. The van der Waals surface area contributed by atoms with Gasteiger partial charge in [-0.3, -0.25) is 0 Å². The van der Waals surface area contributed by atoms with Crippen LogP contribution in [0.25, 0.3) is 0 Å². The average molecular weight is 245 g/mol. The molecule has 94 valence electrons. The molecule has 0 saturated carbocycles. The summed E-state index contributed by atoms with van der Waals surface area (Å²) in [5, 5.41) is 3.19. The molecule has 0 heterocycles. The largest absolute Gasteiger partial charge is 0.497 e. The van der Waals surface area contributed by atoms with Crippen molar-refractivity contribution in [2.24, 2.45) is 0 Å². The fraction of sp³-hybridized carbons (Fsp3) is 0.200. The molecule has 0 radical (unpaired) electrons. The molecule has 0 spiro atoms. The lowest BCUT2D eigenvalue weighted by atomic mass is 9.99. The Bertz CT molecular complexity index is 510. The van der Waals surface area contributed by atoms with E-state index in [-0.39, 0.29) is 11.9 Å². The van der Waals surface area contributed by atoms with Crippen molar-refractivity contribution in [2.45, 2.75) is 6.04 Å². The zero-order valence-electron chi connectivity index (χ0n) is 10.5. The molecule has 0 bridgehead atoms. The Morgan fingerprint density at radius 1 is 1.06 bits per heavy atom. The molecule has 2 rings (SSSR count). The SMILES string of the molecule is CNC(c1ccc(OC)cc1)c1cccc(F)c1. The Balaban J connectivity index is 2.32. The highest BCUT2D eigenvalue weighted by Gasteiger charge is 2.12. The maximum atomic E-state index is 13.3. The van der Waals surface area contributed by atoms with E-state index >= 15 is 0 Å². The molecule has 3 heteroatoms. The van der Waals surface area contributed by atoms with Crippen molar-refractivity contribution in [1.29, 1.82) is 0 Å². The fourth-order valence-corrected chi connectivity index (χ4v) is 2.01. The van der Waals surface area contributed by atoms with E-state index in [0.717, 1.165) is 16.9 Å². The third kappa shape index (κ3) is 2.68. The van der Waals surface area contributed by atoms with E-state index in [9.17, 15) is 4.39 Å². The van der Waals surface area contributed by atoms with Crippen molar-refractivity contribution in [1.82, 2.24) is 5.32 Å². The van der Waals surface area contributed by atoms with E-state index in [2.05, 4.69) is 5.32 Å². The van der Waals surface area contributed by atoms with Crippen LogP contribution in [0, 0.1) is 5.82 Å². The second kappa shape index (κ2) is 5.65. The van der Waals surface area contributed by atoms with Gasteiger partial charge >= 0.3 is 0 Å². The van der Waals surface area contributed by atoms with Crippen LogP contribution in [-0.2, 0) is 0 Å². The van der Waals surface area contributed by atoms with Crippen LogP contribution in [-0.4, -0.2) is 14.2 Å². The molecule has 1 atom stereocenters. The minimum absolute atomic E-state index is 0.0217. The Labute approximate surface area is 106 Å². The van der Waals surface area contributed by atoms with Crippen molar-refractivity contribution in [3.63, 3.8) is 0 Å². The van der Waals surface area contributed by atoms with Crippen LogP contribution in [0.15, 0.2) is 48.5 Å². The van der Waals surface area contributed by atoms with Crippen LogP contribution < -0.4 is 10.1 Å². The van der Waals surface area contributed by atoms with Gasteiger partial charge in [-0.2, -0.15) is 0 Å². The number of methoxy groups -OCH3 is 1. The molecule has 2 aromatic rings. The van der Waals surface area contributed by atoms with Crippen molar-refractivity contribution >= 4 is 0 Å². The van der Waals surface area contributed by atoms with E-state index in [1.54, 1.807) is 19.2 Å². The predicted octanol–water partition coefficient (Wildman–Crippen LogP) is 3.14. The lowest BCUT2D eigenvalue weighted by Crippen LogP contribution is -2.17. The Hall–Kier alpha value is -1.87. The van der Waals surface area contributed by atoms with Crippen molar-refractivity contribution in [2.75, 3.05) is 14.2 Å².